The minimum Gasteiger partial charge on any atom is -0.314 e. The molecule has 3 unspecified atom stereocenters. The molecule has 1 saturated carbocycles. The molecule has 0 amide bonds. The maximum Gasteiger partial charge on any atom is 0.141 e. The first kappa shape index (κ1) is 13.8. The fourth-order valence-corrected chi connectivity index (χ4v) is 3.26. The second kappa shape index (κ2) is 6.03. The molecule has 2 rings (SSSR count). The fraction of sp³-hybridized carbons (Fsp3) is 0.600. The molecule has 0 radical (unpaired) electrons. The van der Waals surface area contributed by atoms with E-state index in [4.69, 9.17) is 11.6 Å². The summed E-state index contributed by atoms with van der Waals surface area (Å²) in [4.78, 5) is 0. The summed E-state index contributed by atoms with van der Waals surface area (Å²) in [5.41, 5.74) is 1.15. The number of nitrogens with one attached hydrogen (secondary N) is 1. The number of hydrogen-bond donors (Lipinski definition) is 1. The van der Waals surface area contributed by atoms with E-state index in [-0.39, 0.29) is 10.8 Å². The lowest BCUT2D eigenvalue weighted by atomic mass is 9.89. The number of benzene rings is 1. The van der Waals surface area contributed by atoms with Gasteiger partial charge >= 0.3 is 0 Å². The molecule has 1 aromatic carbocycles. The van der Waals surface area contributed by atoms with Crippen molar-refractivity contribution in [1.29, 1.82) is 0 Å². The van der Waals surface area contributed by atoms with E-state index in [0.717, 1.165) is 18.5 Å². The van der Waals surface area contributed by atoms with Crippen LogP contribution in [0.4, 0.5) is 4.39 Å². The van der Waals surface area contributed by atoms with Crippen LogP contribution in [0.15, 0.2) is 18.2 Å². The summed E-state index contributed by atoms with van der Waals surface area (Å²) in [6.45, 7) is 5.50. The largest absolute Gasteiger partial charge is 0.314 e. The Morgan fingerprint density at radius 2 is 2.17 bits per heavy atom. The third-order valence-electron chi connectivity index (χ3n) is 4.17. The van der Waals surface area contributed by atoms with Crippen molar-refractivity contribution in [1.82, 2.24) is 5.32 Å². The maximum absolute atomic E-state index is 13.1. The van der Waals surface area contributed by atoms with Crippen LogP contribution in [0.2, 0.25) is 5.02 Å². The number of halogens is 2. The van der Waals surface area contributed by atoms with E-state index in [1.807, 2.05) is 6.07 Å². The van der Waals surface area contributed by atoms with Gasteiger partial charge < -0.3 is 5.32 Å². The second-order valence-electron chi connectivity index (χ2n) is 5.31. The Hall–Kier alpha value is -0.600. The Balaban J connectivity index is 1.99. The van der Waals surface area contributed by atoms with Crippen LogP contribution in [-0.4, -0.2) is 12.6 Å². The molecule has 3 heteroatoms. The number of hydrogen-bond acceptors (Lipinski definition) is 1. The molecule has 1 aromatic rings. The Kier molecular flexibility index (Phi) is 4.63. The molecule has 1 fully saturated rings. The predicted molar refractivity (Wildman–Crippen MR) is 74.5 cm³/mol. The first-order valence-corrected chi connectivity index (χ1v) is 7.17. The quantitative estimate of drug-likeness (QED) is 0.870. The van der Waals surface area contributed by atoms with E-state index in [9.17, 15) is 4.39 Å². The molecule has 0 bridgehead atoms. The Labute approximate surface area is 114 Å². The van der Waals surface area contributed by atoms with Gasteiger partial charge in [-0.1, -0.05) is 31.5 Å². The third kappa shape index (κ3) is 3.04. The van der Waals surface area contributed by atoms with Crippen LogP contribution in [0.5, 0.6) is 0 Å². The lowest BCUT2D eigenvalue weighted by molar-refractivity contribution is 0.355. The summed E-state index contributed by atoms with van der Waals surface area (Å²) >= 11 is 5.83. The van der Waals surface area contributed by atoms with Gasteiger partial charge in [0.05, 0.1) is 5.02 Å². The van der Waals surface area contributed by atoms with Gasteiger partial charge in [-0.15, -0.1) is 0 Å². The van der Waals surface area contributed by atoms with Gasteiger partial charge in [0.25, 0.3) is 0 Å². The smallest absolute Gasteiger partial charge is 0.141 e. The highest BCUT2D eigenvalue weighted by molar-refractivity contribution is 6.30. The van der Waals surface area contributed by atoms with Gasteiger partial charge in [-0.05, 0) is 55.3 Å². The zero-order valence-electron chi connectivity index (χ0n) is 11.0. The minimum atomic E-state index is -0.328. The summed E-state index contributed by atoms with van der Waals surface area (Å²) in [7, 11) is 0. The van der Waals surface area contributed by atoms with Crippen LogP contribution in [0.25, 0.3) is 0 Å². The summed E-state index contributed by atoms with van der Waals surface area (Å²) in [6.07, 6.45) is 3.49. The molecule has 1 N–H and O–H groups in total. The van der Waals surface area contributed by atoms with Crippen LogP contribution in [0, 0.1) is 17.7 Å². The van der Waals surface area contributed by atoms with Crippen molar-refractivity contribution < 1.29 is 4.39 Å². The van der Waals surface area contributed by atoms with Crippen molar-refractivity contribution in [3.8, 4) is 0 Å². The average Bonchev–Trinajstić information content (AvgIpc) is 2.67. The summed E-state index contributed by atoms with van der Waals surface area (Å²) in [5.74, 6) is 1.02. The summed E-state index contributed by atoms with van der Waals surface area (Å²) < 4.78 is 13.1. The molecule has 0 spiro atoms. The van der Waals surface area contributed by atoms with Gasteiger partial charge in [-0.3, -0.25) is 0 Å². The molecular weight excluding hydrogens is 249 g/mol. The average molecular weight is 270 g/mol. The normalized spacial score (nSPS) is 27.7. The van der Waals surface area contributed by atoms with Crippen molar-refractivity contribution in [2.75, 3.05) is 6.54 Å². The van der Waals surface area contributed by atoms with Crippen LogP contribution in [0.1, 0.15) is 32.3 Å². The van der Waals surface area contributed by atoms with E-state index in [0.29, 0.717) is 17.9 Å². The van der Waals surface area contributed by atoms with Crippen molar-refractivity contribution >= 4 is 11.6 Å². The van der Waals surface area contributed by atoms with Crippen LogP contribution in [0.3, 0.4) is 0 Å². The highest BCUT2D eigenvalue weighted by atomic mass is 35.5. The lowest BCUT2D eigenvalue weighted by Crippen LogP contribution is -2.32. The lowest BCUT2D eigenvalue weighted by Gasteiger charge is -2.21. The van der Waals surface area contributed by atoms with Crippen molar-refractivity contribution in [3.63, 3.8) is 0 Å². The highest BCUT2D eigenvalue weighted by Gasteiger charge is 2.31. The Bertz CT molecular complexity index is 407. The standard InChI is InChI=1S/C15H21ClFN/c1-3-18-15-7-5-12(10(15)2)8-11-4-6-14(17)13(16)9-11/h4,6,9-10,12,15,18H,3,5,7-8H2,1-2H3. The molecule has 0 saturated heterocycles. The van der Waals surface area contributed by atoms with Gasteiger partial charge in [-0.25, -0.2) is 4.39 Å². The molecule has 1 aliphatic rings. The van der Waals surface area contributed by atoms with Gasteiger partial charge in [0.1, 0.15) is 5.82 Å². The molecule has 0 heterocycles. The van der Waals surface area contributed by atoms with Gasteiger partial charge in [0.2, 0.25) is 0 Å². The zero-order valence-corrected chi connectivity index (χ0v) is 11.8. The summed E-state index contributed by atoms with van der Waals surface area (Å²) in [5, 5.41) is 3.78. The van der Waals surface area contributed by atoms with Gasteiger partial charge in [0, 0.05) is 6.04 Å². The molecule has 0 aromatic heterocycles. The van der Waals surface area contributed by atoms with Crippen LogP contribution >= 0.6 is 11.6 Å². The van der Waals surface area contributed by atoms with E-state index in [1.165, 1.54) is 18.9 Å². The SMILES string of the molecule is CCNC1CCC(Cc2ccc(F)c(Cl)c2)C1C. The maximum atomic E-state index is 13.1. The first-order valence-electron chi connectivity index (χ1n) is 6.79. The van der Waals surface area contributed by atoms with E-state index in [1.54, 1.807) is 6.07 Å². The van der Waals surface area contributed by atoms with Crippen molar-refractivity contribution in [2.45, 2.75) is 39.2 Å². The predicted octanol–water partition coefficient (Wildman–Crippen LogP) is 4.05. The van der Waals surface area contributed by atoms with Crippen LogP contribution in [-0.2, 0) is 6.42 Å². The summed E-state index contributed by atoms with van der Waals surface area (Å²) in [6, 6.07) is 5.73. The molecule has 18 heavy (non-hydrogen) atoms. The molecule has 1 aliphatic carbocycles. The van der Waals surface area contributed by atoms with E-state index in [2.05, 4.69) is 19.2 Å². The first-order chi connectivity index (χ1) is 8.61. The molecular formula is C15H21ClFN. The third-order valence-corrected chi connectivity index (χ3v) is 4.46. The fourth-order valence-electron chi connectivity index (χ4n) is 3.06. The monoisotopic (exact) mass is 269 g/mol. The molecule has 3 atom stereocenters. The van der Waals surface area contributed by atoms with Crippen molar-refractivity contribution in [3.05, 3.63) is 34.6 Å². The van der Waals surface area contributed by atoms with Gasteiger partial charge in [0.15, 0.2) is 0 Å². The Morgan fingerprint density at radius 1 is 1.39 bits per heavy atom. The van der Waals surface area contributed by atoms with Crippen molar-refractivity contribution in [2.24, 2.45) is 11.8 Å². The van der Waals surface area contributed by atoms with Gasteiger partial charge in [-0.2, -0.15) is 0 Å². The van der Waals surface area contributed by atoms with Crippen LogP contribution < -0.4 is 5.32 Å². The topological polar surface area (TPSA) is 12.0 Å². The highest BCUT2D eigenvalue weighted by Crippen LogP contribution is 2.34. The minimum absolute atomic E-state index is 0.237. The second-order valence-corrected chi connectivity index (χ2v) is 5.72. The molecule has 0 aliphatic heterocycles. The van der Waals surface area contributed by atoms with E-state index >= 15 is 0 Å². The zero-order chi connectivity index (χ0) is 13.1. The number of rotatable bonds is 4. The van der Waals surface area contributed by atoms with E-state index < -0.39 is 0 Å². The molecule has 100 valence electrons. The Morgan fingerprint density at radius 3 is 2.83 bits per heavy atom. The molecule has 1 nitrogen and oxygen atoms in total.